The Morgan fingerprint density at radius 2 is 2.00 bits per heavy atom. The number of allylic oxidation sites excluding steroid dienone is 3. The maximum Gasteiger partial charge on any atom is 0.586 e. The fourth-order valence-electron chi connectivity index (χ4n) is 4.25. The van der Waals surface area contributed by atoms with Crippen molar-refractivity contribution in [1.29, 1.82) is 0 Å². The number of carbonyl (C=O) groups excluding carboxylic acids is 1. The minimum Gasteiger partial charge on any atom is -0.464 e. The summed E-state index contributed by atoms with van der Waals surface area (Å²) in [6.07, 6.45) is 0.740. The second-order valence-electron chi connectivity index (χ2n) is 8.02. The van der Waals surface area contributed by atoms with E-state index in [2.05, 4.69) is 14.6 Å². The lowest BCUT2D eigenvalue weighted by molar-refractivity contribution is -0.808. The topological polar surface area (TPSA) is 78.6 Å². The smallest absolute Gasteiger partial charge is 0.464 e. The molecule has 32 heavy (non-hydrogen) atoms. The molecule has 1 fully saturated rings. The van der Waals surface area contributed by atoms with Crippen molar-refractivity contribution in [2.75, 3.05) is 14.2 Å². The van der Waals surface area contributed by atoms with Gasteiger partial charge in [0.05, 0.1) is 19.1 Å². The number of alkyl halides is 2. The van der Waals surface area contributed by atoms with E-state index in [0.29, 0.717) is 17.8 Å². The molecule has 5 aliphatic rings. The van der Waals surface area contributed by atoms with Gasteiger partial charge in [-0.15, -0.1) is 8.78 Å². The van der Waals surface area contributed by atoms with Gasteiger partial charge in [-0.05, 0) is 48.3 Å². The summed E-state index contributed by atoms with van der Waals surface area (Å²) in [7, 11) is 2.61. The molecular formula is C22H21F2N2O6+. The Labute approximate surface area is 182 Å². The van der Waals surface area contributed by atoms with Gasteiger partial charge < -0.3 is 19.0 Å². The maximum atomic E-state index is 13.5. The lowest BCUT2D eigenvalue weighted by atomic mass is 9.91. The van der Waals surface area contributed by atoms with Gasteiger partial charge in [-0.25, -0.2) is 9.63 Å². The lowest BCUT2D eigenvalue weighted by Gasteiger charge is -2.27. The zero-order valence-corrected chi connectivity index (χ0v) is 17.7. The molecule has 168 valence electrons. The molecule has 1 atom stereocenters. The standard InChI is InChI=1S/C22H21F2N2O6/c1-11-8-14-10-15(18(25-29-3)21(27)28-2)20(11)32-26(14)19(12-4-5-12)13-6-7-16-17(9-13)31-22(23,24)30-16/h6-7,9-10,12,19H,4-5,8H2,1-3H3/q+1. The number of methoxy groups -OCH3 is 1. The van der Waals surface area contributed by atoms with Crippen molar-refractivity contribution < 1.29 is 42.2 Å². The number of carbonyl (C=O) groups is 1. The Hall–Kier alpha value is -3.43. The summed E-state index contributed by atoms with van der Waals surface area (Å²) >= 11 is 0. The van der Waals surface area contributed by atoms with Crippen molar-refractivity contribution in [3.63, 3.8) is 0 Å². The van der Waals surface area contributed by atoms with Crippen LogP contribution >= 0.6 is 0 Å². The summed E-state index contributed by atoms with van der Waals surface area (Å²) in [5, 5.41) is 3.83. The summed E-state index contributed by atoms with van der Waals surface area (Å²) in [6, 6.07) is 4.59. The van der Waals surface area contributed by atoms with E-state index >= 15 is 0 Å². The number of benzene rings is 1. The Morgan fingerprint density at radius 1 is 1.25 bits per heavy atom. The highest BCUT2D eigenvalue weighted by Gasteiger charge is 2.50. The van der Waals surface area contributed by atoms with Crippen LogP contribution in [-0.2, 0) is 19.2 Å². The molecule has 3 aliphatic heterocycles. The van der Waals surface area contributed by atoms with E-state index in [-0.39, 0.29) is 29.2 Å². The molecule has 8 nitrogen and oxygen atoms in total. The van der Waals surface area contributed by atoms with Gasteiger partial charge in [0.1, 0.15) is 7.11 Å². The van der Waals surface area contributed by atoms with Gasteiger partial charge in [0.15, 0.2) is 17.2 Å². The minimum absolute atomic E-state index is 0.00117. The zero-order chi connectivity index (χ0) is 22.6. The maximum absolute atomic E-state index is 13.5. The number of fused-ring (bicyclic) bond motifs is 3. The lowest BCUT2D eigenvalue weighted by Crippen LogP contribution is -2.37. The molecule has 0 N–H and O–H groups in total. The van der Waals surface area contributed by atoms with Gasteiger partial charge in [0.25, 0.3) is 0 Å². The van der Waals surface area contributed by atoms with Crippen molar-refractivity contribution in [2.45, 2.75) is 38.5 Å². The van der Waals surface area contributed by atoms with E-state index in [0.717, 1.165) is 29.7 Å². The Balaban J connectivity index is 1.55. The molecule has 1 aromatic rings. The first-order chi connectivity index (χ1) is 15.3. The van der Waals surface area contributed by atoms with Crippen LogP contribution < -0.4 is 9.47 Å². The average molecular weight is 447 g/mol. The number of rotatable bonds is 6. The fraction of sp³-hybridized carbons (Fsp3) is 0.409. The van der Waals surface area contributed by atoms with Crippen LogP contribution in [0.4, 0.5) is 8.78 Å². The predicted octanol–water partition coefficient (Wildman–Crippen LogP) is 3.64. The van der Waals surface area contributed by atoms with Crippen LogP contribution in [0.1, 0.15) is 37.8 Å². The molecule has 0 spiro atoms. The largest absolute Gasteiger partial charge is 0.586 e. The minimum atomic E-state index is -3.67. The fourth-order valence-corrected chi connectivity index (χ4v) is 4.25. The van der Waals surface area contributed by atoms with Crippen molar-refractivity contribution in [3.05, 3.63) is 46.7 Å². The highest BCUT2D eigenvalue weighted by atomic mass is 19.3. The van der Waals surface area contributed by atoms with Crippen molar-refractivity contribution in [2.24, 2.45) is 11.1 Å². The van der Waals surface area contributed by atoms with E-state index in [4.69, 9.17) is 14.4 Å². The van der Waals surface area contributed by atoms with Crippen LogP contribution in [0.2, 0.25) is 0 Å². The van der Waals surface area contributed by atoms with E-state index in [1.165, 1.54) is 20.3 Å². The van der Waals surface area contributed by atoms with Gasteiger partial charge in [-0.3, -0.25) is 0 Å². The first kappa shape index (κ1) is 20.5. The van der Waals surface area contributed by atoms with Gasteiger partial charge in [-0.2, -0.15) is 0 Å². The number of oxime groups is 1. The number of hydrogen-bond donors (Lipinski definition) is 0. The summed E-state index contributed by atoms with van der Waals surface area (Å²) in [5.74, 6) is 0.142. The molecule has 0 aromatic heterocycles. The van der Waals surface area contributed by atoms with E-state index in [1.54, 1.807) is 16.9 Å². The molecule has 10 heteroatoms. The van der Waals surface area contributed by atoms with Gasteiger partial charge in [0.2, 0.25) is 17.5 Å². The molecule has 0 radical (unpaired) electrons. The van der Waals surface area contributed by atoms with Gasteiger partial charge in [-0.1, -0.05) is 5.16 Å². The Bertz CT molecular complexity index is 1130. The molecule has 1 saturated carbocycles. The molecule has 1 unspecified atom stereocenters. The highest BCUT2D eigenvalue weighted by Crippen LogP contribution is 2.49. The molecule has 2 bridgehead atoms. The van der Waals surface area contributed by atoms with Gasteiger partial charge >= 0.3 is 12.3 Å². The first-order valence-corrected chi connectivity index (χ1v) is 10.2. The average Bonchev–Trinajstić information content (AvgIpc) is 3.53. The van der Waals surface area contributed by atoms with Crippen LogP contribution in [0.3, 0.4) is 0 Å². The van der Waals surface area contributed by atoms with Crippen molar-refractivity contribution in [1.82, 2.24) is 0 Å². The molecule has 2 aliphatic carbocycles. The zero-order valence-electron chi connectivity index (χ0n) is 17.7. The second-order valence-corrected chi connectivity index (χ2v) is 8.02. The third-order valence-electron chi connectivity index (χ3n) is 5.77. The van der Waals surface area contributed by atoms with Crippen molar-refractivity contribution in [3.8, 4) is 11.5 Å². The van der Waals surface area contributed by atoms with E-state index < -0.39 is 12.3 Å². The number of hydroxylamine groups is 1. The SMILES string of the molecule is CON=C(C(=O)OC)C1=CC2=[N+](C(c3ccc4c(c3)OC(F)(F)O4)C3CC3)OC1=C(C)C2. The summed E-state index contributed by atoms with van der Waals surface area (Å²) in [4.78, 5) is 23.3. The Morgan fingerprint density at radius 3 is 2.66 bits per heavy atom. The summed E-state index contributed by atoms with van der Waals surface area (Å²) in [6.45, 7) is 1.91. The first-order valence-electron chi connectivity index (χ1n) is 10.2. The van der Waals surface area contributed by atoms with E-state index in [9.17, 15) is 13.6 Å². The third kappa shape index (κ3) is 3.39. The number of hydrogen-bond acceptors (Lipinski definition) is 7. The molecule has 1 aromatic carbocycles. The Kier molecular flexibility index (Phi) is 4.68. The number of ether oxygens (including phenoxy) is 3. The quantitative estimate of drug-likeness (QED) is 0.287. The van der Waals surface area contributed by atoms with Crippen molar-refractivity contribution >= 4 is 17.4 Å². The predicted molar refractivity (Wildman–Crippen MR) is 106 cm³/mol. The molecule has 0 saturated heterocycles. The number of esters is 1. The van der Waals surface area contributed by atoms with Crippen LogP contribution in [0, 0.1) is 5.92 Å². The van der Waals surface area contributed by atoms with Crippen LogP contribution in [0.5, 0.6) is 11.5 Å². The molecule has 0 amide bonds. The number of nitrogens with zero attached hydrogens (tertiary/aromatic N) is 2. The third-order valence-corrected chi connectivity index (χ3v) is 5.77. The summed E-state index contributed by atoms with van der Waals surface area (Å²) < 4.78 is 42.7. The van der Waals surface area contributed by atoms with Crippen LogP contribution in [-0.4, -0.2) is 42.6 Å². The second kappa shape index (κ2) is 7.32. The van der Waals surface area contributed by atoms with Crippen LogP contribution in [0.25, 0.3) is 0 Å². The van der Waals surface area contributed by atoms with E-state index in [1.807, 2.05) is 13.0 Å². The summed E-state index contributed by atoms with van der Waals surface area (Å²) in [5.41, 5.74) is 3.02. The monoisotopic (exact) mass is 447 g/mol. The molecular weight excluding hydrogens is 426 g/mol. The van der Waals surface area contributed by atoms with Crippen LogP contribution in [0.15, 0.2) is 46.3 Å². The normalized spacial score (nSPS) is 21.9. The highest BCUT2D eigenvalue weighted by molar-refractivity contribution is 6.45. The molecule has 6 rings (SSSR count). The number of halogens is 2. The molecule has 3 heterocycles. The van der Waals surface area contributed by atoms with Gasteiger partial charge in [0, 0.05) is 17.6 Å².